The summed E-state index contributed by atoms with van der Waals surface area (Å²) in [6.45, 7) is 1.44. The number of hydrogen-bond acceptors (Lipinski definition) is 7. The number of methoxy groups -OCH3 is 1. The number of nitrogens with one attached hydrogen (secondary N) is 3. The van der Waals surface area contributed by atoms with Gasteiger partial charge in [-0.1, -0.05) is 0 Å². The first-order valence-corrected chi connectivity index (χ1v) is 11.6. The Labute approximate surface area is 193 Å². The SMILES string of the molecule is COc1ccc(C(=O)Nc2nc(CSCC(=O)Nc3ccc(NC(C)=O)cc3)cs2)cc1. The molecule has 8 nitrogen and oxygen atoms in total. The van der Waals surface area contributed by atoms with Crippen molar-refractivity contribution in [2.45, 2.75) is 12.7 Å². The highest BCUT2D eigenvalue weighted by atomic mass is 32.2. The van der Waals surface area contributed by atoms with Crippen LogP contribution in [0.4, 0.5) is 16.5 Å². The van der Waals surface area contributed by atoms with Gasteiger partial charge in [-0.2, -0.15) is 0 Å². The largest absolute Gasteiger partial charge is 0.497 e. The van der Waals surface area contributed by atoms with Crippen molar-refractivity contribution in [3.05, 3.63) is 65.2 Å². The van der Waals surface area contributed by atoms with Crippen molar-refractivity contribution >= 4 is 57.3 Å². The van der Waals surface area contributed by atoms with Gasteiger partial charge in [-0.3, -0.25) is 19.7 Å². The maximum absolute atomic E-state index is 12.3. The number of hydrogen-bond donors (Lipinski definition) is 3. The lowest BCUT2D eigenvalue weighted by Gasteiger charge is -2.06. The zero-order chi connectivity index (χ0) is 22.9. The average molecular weight is 471 g/mol. The molecule has 3 N–H and O–H groups in total. The van der Waals surface area contributed by atoms with Crippen LogP contribution in [0.1, 0.15) is 23.0 Å². The van der Waals surface area contributed by atoms with Gasteiger partial charge >= 0.3 is 0 Å². The molecule has 0 bridgehead atoms. The van der Waals surface area contributed by atoms with Crippen LogP contribution in [0.2, 0.25) is 0 Å². The predicted molar refractivity (Wildman–Crippen MR) is 129 cm³/mol. The first kappa shape index (κ1) is 23.3. The van der Waals surface area contributed by atoms with E-state index in [1.807, 2.05) is 5.38 Å². The second kappa shape index (κ2) is 11.3. The van der Waals surface area contributed by atoms with Crippen LogP contribution in [-0.4, -0.2) is 35.6 Å². The van der Waals surface area contributed by atoms with Gasteiger partial charge in [0, 0.05) is 35.0 Å². The van der Waals surface area contributed by atoms with Gasteiger partial charge in [-0.25, -0.2) is 4.98 Å². The highest BCUT2D eigenvalue weighted by molar-refractivity contribution is 7.99. The third-order valence-corrected chi connectivity index (χ3v) is 5.87. The Morgan fingerprint density at radius 3 is 2.25 bits per heavy atom. The summed E-state index contributed by atoms with van der Waals surface area (Å²) in [5.41, 5.74) is 2.63. The number of nitrogens with zero attached hydrogens (tertiary/aromatic N) is 1. The summed E-state index contributed by atoms with van der Waals surface area (Å²) in [4.78, 5) is 39.9. The molecule has 0 aliphatic rings. The zero-order valence-electron chi connectivity index (χ0n) is 17.5. The minimum absolute atomic E-state index is 0.134. The highest BCUT2D eigenvalue weighted by Gasteiger charge is 2.10. The fourth-order valence-corrected chi connectivity index (χ4v) is 4.16. The van der Waals surface area contributed by atoms with E-state index in [0.29, 0.717) is 33.6 Å². The number of benzene rings is 2. The standard InChI is InChI=1S/C22H22N4O4S2/c1-14(27)23-16-5-7-17(8-6-16)24-20(28)13-31-11-18-12-32-22(25-18)26-21(29)15-3-9-19(30-2)10-4-15/h3-10,12H,11,13H2,1-2H3,(H,23,27)(H,24,28)(H,25,26,29). The van der Waals surface area contributed by atoms with E-state index in [1.165, 1.54) is 30.0 Å². The lowest BCUT2D eigenvalue weighted by Crippen LogP contribution is -2.14. The van der Waals surface area contributed by atoms with Gasteiger partial charge in [-0.15, -0.1) is 23.1 Å². The quantitative estimate of drug-likeness (QED) is 0.432. The van der Waals surface area contributed by atoms with Gasteiger partial charge in [0.1, 0.15) is 5.75 Å². The molecule has 1 heterocycles. The van der Waals surface area contributed by atoms with Crippen molar-refractivity contribution in [3.63, 3.8) is 0 Å². The van der Waals surface area contributed by atoms with E-state index in [0.717, 1.165) is 5.69 Å². The molecule has 32 heavy (non-hydrogen) atoms. The van der Waals surface area contributed by atoms with Crippen LogP contribution in [0.5, 0.6) is 5.75 Å². The third kappa shape index (κ3) is 7.10. The van der Waals surface area contributed by atoms with E-state index in [2.05, 4.69) is 20.9 Å². The fourth-order valence-electron chi connectivity index (χ4n) is 2.63. The molecule has 0 unspecified atom stereocenters. The molecular weight excluding hydrogens is 448 g/mol. The van der Waals surface area contributed by atoms with Crippen molar-refractivity contribution in [2.24, 2.45) is 0 Å². The number of amides is 3. The number of thioether (sulfide) groups is 1. The zero-order valence-corrected chi connectivity index (χ0v) is 19.1. The number of carbonyl (C=O) groups excluding carboxylic acids is 3. The Balaban J connectivity index is 1.42. The molecule has 0 atom stereocenters. The number of thiazole rings is 1. The van der Waals surface area contributed by atoms with Crippen LogP contribution in [0.25, 0.3) is 0 Å². The summed E-state index contributed by atoms with van der Waals surface area (Å²) in [7, 11) is 1.57. The molecule has 1 aromatic heterocycles. The summed E-state index contributed by atoms with van der Waals surface area (Å²) in [6, 6.07) is 13.7. The van der Waals surface area contributed by atoms with Crippen LogP contribution in [0, 0.1) is 0 Å². The maximum atomic E-state index is 12.3. The van der Waals surface area contributed by atoms with E-state index >= 15 is 0 Å². The van der Waals surface area contributed by atoms with Gasteiger partial charge in [0.15, 0.2) is 5.13 Å². The third-order valence-electron chi connectivity index (χ3n) is 4.10. The monoisotopic (exact) mass is 470 g/mol. The van der Waals surface area contributed by atoms with Crippen molar-refractivity contribution < 1.29 is 19.1 Å². The number of aromatic nitrogens is 1. The Kier molecular flexibility index (Phi) is 8.23. The molecule has 0 saturated carbocycles. The molecule has 3 aromatic rings. The predicted octanol–water partition coefficient (Wildman–Crippen LogP) is 4.23. The van der Waals surface area contributed by atoms with Crippen LogP contribution in [-0.2, 0) is 15.3 Å². The molecule has 3 amide bonds. The number of anilines is 3. The Morgan fingerprint density at radius 1 is 0.969 bits per heavy atom. The first-order chi connectivity index (χ1) is 15.4. The lowest BCUT2D eigenvalue weighted by atomic mass is 10.2. The molecule has 0 saturated heterocycles. The minimum atomic E-state index is -0.245. The normalized spacial score (nSPS) is 10.3. The Hall–Kier alpha value is -3.37. The summed E-state index contributed by atoms with van der Waals surface area (Å²) in [5.74, 6) is 0.961. The van der Waals surface area contributed by atoms with E-state index in [1.54, 1.807) is 55.6 Å². The minimum Gasteiger partial charge on any atom is -0.497 e. The molecule has 3 rings (SSSR count). The second-order valence-corrected chi connectivity index (χ2v) is 8.47. The number of rotatable bonds is 9. The molecule has 0 radical (unpaired) electrons. The van der Waals surface area contributed by atoms with Gasteiger partial charge < -0.3 is 15.4 Å². The highest BCUT2D eigenvalue weighted by Crippen LogP contribution is 2.21. The van der Waals surface area contributed by atoms with Gasteiger partial charge in [0.25, 0.3) is 5.91 Å². The molecule has 0 spiro atoms. The van der Waals surface area contributed by atoms with E-state index in [4.69, 9.17) is 4.74 Å². The van der Waals surface area contributed by atoms with Crippen molar-refractivity contribution in [2.75, 3.05) is 28.8 Å². The second-order valence-electron chi connectivity index (χ2n) is 6.63. The van der Waals surface area contributed by atoms with Gasteiger partial charge in [-0.05, 0) is 48.5 Å². The lowest BCUT2D eigenvalue weighted by molar-refractivity contribution is -0.114. The van der Waals surface area contributed by atoms with Crippen molar-refractivity contribution in [1.82, 2.24) is 4.98 Å². The summed E-state index contributed by atoms with van der Waals surface area (Å²) < 4.78 is 5.09. The summed E-state index contributed by atoms with van der Waals surface area (Å²) >= 11 is 2.76. The molecular formula is C22H22N4O4S2. The maximum Gasteiger partial charge on any atom is 0.257 e. The number of ether oxygens (including phenoxy) is 1. The summed E-state index contributed by atoms with van der Waals surface area (Å²) in [5, 5.41) is 10.6. The molecule has 10 heteroatoms. The van der Waals surface area contributed by atoms with E-state index < -0.39 is 0 Å². The van der Waals surface area contributed by atoms with Gasteiger partial charge in [0.05, 0.1) is 18.6 Å². The van der Waals surface area contributed by atoms with Crippen LogP contribution < -0.4 is 20.7 Å². The smallest absolute Gasteiger partial charge is 0.257 e. The molecule has 2 aromatic carbocycles. The van der Waals surface area contributed by atoms with Crippen molar-refractivity contribution in [1.29, 1.82) is 0 Å². The van der Waals surface area contributed by atoms with Crippen LogP contribution >= 0.6 is 23.1 Å². The molecule has 166 valence electrons. The van der Waals surface area contributed by atoms with E-state index in [9.17, 15) is 14.4 Å². The summed E-state index contributed by atoms with van der Waals surface area (Å²) in [6.07, 6.45) is 0. The van der Waals surface area contributed by atoms with Crippen LogP contribution in [0.15, 0.2) is 53.9 Å². The molecule has 0 fully saturated rings. The van der Waals surface area contributed by atoms with Gasteiger partial charge in [0.2, 0.25) is 11.8 Å². The first-order valence-electron chi connectivity index (χ1n) is 9.58. The molecule has 0 aliphatic carbocycles. The molecule has 0 aliphatic heterocycles. The van der Waals surface area contributed by atoms with Crippen LogP contribution in [0.3, 0.4) is 0 Å². The van der Waals surface area contributed by atoms with E-state index in [-0.39, 0.29) is 23.5 Å². The topological polar surface area (TPSA) is 109 Å². The Morgan fingerprint density at radius 2 is 1.62 bits per heavy atom. The average Bonchev–Trinajstić information content (AvgIpc) is 3.22. The number of carbonyl (C=O) groups is 3. The Bertz CT molecular complexity index is 1080. The fraction of sp³-hybridized carbons (Fsp3) is 0.182. The van der Waals surface area contributed by atoms with Crippen molar-refractivity contribution in [3.8, 4) is 5.75 Å².